The van der Waals surface area contributed by atoms with Crippen LogP contribution in [-0.4, -0.2) is 18.1 Å². The predicted molar refractivity (Wildman–Crippen MR) is 168 cm³/mol. The van der Waals surface area contributed by atoms with Crippen LogP contribution in [0.3, 0.4) is 0 Å². The minimum Gasteiger partial charge on any atom is -0.465 e. The Bertz CT molecular complexity index is 1930. The highest BCUT2D eigenvalue weighted by Gasteiger charge is 2.28. The van der Waals surface area contributed by atoms with Gasteiger partial charge in [-0.2, -0.15) is 0 Å². The third kappa shape index (κ3) is 4.27. The van der Waals surface area contributed by atoms with Crippen LogP contribution >= 0.6 is 0 Å². The van der Waals surface area contributed by atoms with Gasteiger partial charge < -0.3 is 14.4 Å². The van der Waals surface area contributed by atoms with Crippen molar-refractivity contribution in [2.45, 2.75) is 13.8 Å². The Balaban J connectivity index is 1.53. The van der Waals surface area contributed by atoms with Crippen LogP contribution in [0.2, 0.25) is 0 Å². The number of esters is 1. The first-order valence-electron chi connectivity index (χ1n) is 13.9. The topological polar surface area (TPSA) is 51.7 Å². The summed E-state index contributed by atoms with van der Waals surface area (Å²) in [5.74, 6) is 1.22. The number of hydrogen-bond donors (Lipinski definition) is 0. The molecule has 0 unspecified atom stereocenters. The first kappa shape index (κ1) is 25.5. The Morgan fingerprint density at radius 2 is 1.33 bits per heavy atom. The quantitative estimate of drug-likeness (QED) is 0.205. The van der Waals surface area contributed by atoms with E-state index in [0.717, 1.165) is 67.4 Å². The lowest BCUT2D eigenvalue weighted by Gasteiger charge is -2.33. The van der Waals surface area contributed by atoms with Crippen molar-refractivity contribution in [3.63, 3.8) is 0 Å². The van der Waals surface area contributed by atoms with Gasteiger partial charge in [0.05, 0.1) is 40.9 Å². The molecule has 0 saturated heterocycles. The van der Waals surface area contributed by atoms with Crippen molar-refractivity contribution in [3.8, 4) is 33.9 Å². The Morgan fingerprint density at radius 3 is 1.98 bits per heavy atom. The fourth-order valence-electron chi connectivity index (χ4n) is 5.64. The zero-order valence-electron chi connectivity index (χ0n) is 23.6. The zero-order valence-corrected chi connectivity index (χ0v) is 23.6. The van der Waals surface area contributed by atoms with Gasteiger partial charge in [-0.1, -0.05) is 72.3 Å². The van der Waals surface area contributed by atoms with E-state index in [0.29, 0.717) is 5.56 Å². The summed E-state index contributed by atoms with van der Waals surface area (Å²) < 4.78 is 11.2. The lowest BCUT2D eigenvalue weighted by atomic mass is 9.94. The van der Waals surface area contributed by atoms with Gasteiger partial charge >= 0.3 is 5.97 Å². The molecule has 1 aliphatic rings. The molecule has 2 heterocycles. The average molecular weight is 549 g/mol. The molecule has 204 valence electrons. The molecule has 1 aliphatic heterocycles. The van der Waals surface area contributed by atoms with Crippen molar-refractivity contribution in [3.05, 3.63) is 132 Å². The molecule has 5 nitrogen and oxygen atoms in total. The molecule has 0 bridgehead atoms. The second-order valence-corrected chi connectivity index (χ2v) is 10.5. The molecule has 1 aromatic heterocycles. The summed E-state index contributed by atoms with van der Waals surface area (Å²) in [5.41, 5.74) is 10.5. The number of aryl methyl sites for hydroxylation is 2. The largest absolute Gasteiger partial charge is 0.465 e. The molecule has 0 N–H and O–H groups in total. The molecular weight excluding hydrogens is 520 g/mol. The zero-order chi connectivity index (χ0) is 28.8. The Kier molecular flexibility index (Phi) is 6.20. The van der Waals surface area contributed by atoms with Gasteiger partial charge in [0, 0.05) is 10.9 Å². The molecule has 42 heavy (non-hydrogen) atoms. The maximum Gasteiger partial charge on any atom is 0.337 e. The third-order valence-corrected chi connectivity index (χ3v) is 7.79. The number of fused-ring (bicyclic) bond motifs is 3. The minimum atomic E-state index is -0.365. The fourth-order valence-corrected chi connectivity index (χ4v) is 5.64. The summed E-state index contributed by atoms with van der Waals surface area (Å²) in [6.07, 6.45) is 0. The van der Waals surface area contributed by atoms with Crippen molar-refractivity contribution >= 4 is 33.9 Å². The minimum absolute atomic E-state index is 0.365. The second-order valence-electron chi connectivity index (χ2n) is 10.5. The van der Waals surface area contributed by atoms with E-state index in [9.17, 15) is 4.79 Å². The summed E-state index contributed by atoms with van der Waals surface area (Å²) >= 11 is 0. The Labute approximate surface area is 244 Å². The fraction of sp³-hybridized carbons (Fsp3) is 0.0811. The number of methoxy groups -OCH3 is 1. The van der Waals surface area contributed by atoms with Gasteiger partial charge in [-0.05, 0) is 79.1 Å². The van der Waals surface area contributed by atoms with E-state index < -0.39 is 0 Å². The van der Waals surface area contributed by atoms with Crippen LogP contribution in [0.1, 0.15) is 21.5 Å². The number of pyridine rings is 1. The molecule has 0 radical (unpaired) electrons. The lowest BCUT2D eigenvalue weighted by Crippen LogP contribution is -2.16. The molecule has 5 aromatic carbocycles. The van der Waals surface area contributed by atoms with E-state index in [-0.39, 0.29) is 5.97 Å². The molecule has 0 atom stereocenters. The van der Waals surface area contributed by atoms with E-state index >= 15 is 0 Å². The molecule has 0 amide bonds. The molecule has 0 saturated carbocycles. The van der Waals surface area contributed by atoms with E-state index in [1.165, 1.54) is 12.7 Å². The van der Waals surface area contributed by atoms with Crippen LogP contribution < -0.4 is 9.64 Å². The maximum absolute atomic E-state index is 12.1. The van der Waals surface area contributed by atoms with Crippen LogP contribution in [0.15, 0.2) is 115 Å². The highest BCUT2D eigenvalue weighted by molar-refractivity contribution is 6.07. The monoisotopic (exact) mass is 548 g/mol. The third-order valence-electron chi connectivity index (χ3n) is 7.79. The number of anilines is 3. The lowest BCUT2D eigenvalue weighted by molar-refractivity contribution is 0.0600. The van der Waals surface area contributed by atoms with Gasteiger partial charge in [0.25, 0.3) is 0 Å². The molecule has 6 aromatic rings. The smallest absolute Gasteiger partial charge is 0.337 e. The summed E-state index contributed by atoms with van der Waals surface area (Å²) in [5, 5.41) is 1.09. The van der Waals surface area contributed by atoms with Gasteiger partial charge in [0.2, 0.25) is 0 Å². The van der Waals surface area contributed by atoms with Crippen LogP contribution in [0, 0.1) is 13.8 Å². The molecule has 7 rings (SSSR count). The van der Waals surface area contributed by atoms with Crippen molar-refractivity contribution in [1.82, 2.24) is 4.98 Å². The van der Waals surface area contributed by atoms with Gasteiger partial charge in [-0.15, -0.1) is 0 Å². The van der Waals surface area contributed by atoms with E-state index in [1.54, 1.807) is 12.1 Å². The summed E-state index contributed by atoms with van der Waals surface area (Å²) in [6, 6.07) is 38.7. The van der Waals surface area contributed by atoms with Gasteiger partial charge in [0.1, 0.15) is 0 Å². The van der Waals surface area contributed by atoms with Crippen LogP contribution in [0.4, 0.5) is 17.1 Å². The molecular formula is C37H28N2O3. The number of nitrogens with zero attached hydrogens (tertiary/aromatic N) is 2. The van der Waals surface area contributed by atoms with Gasteiger partial charge in [0.15, 0.2) is 11.5 Å². The van der Waals surface area contributed by atoms with E-state index in [2.05, 4.69) is 73.3 Å². The molecule has 0 aliphatic carbocycles. The van der Waals surface area contributed by atoms with E-state index in [1.807, 2.05) is 48.5 Å². The number of aromatic nitrogens is 1. The number of ether oxygens (including phenoxy) is 2. The Hall–Kier alpha value is -5.42. The maximum atomic E-state index is 12.1. The number of carbonyl (C=O) groups excluding carboxylic acids is 1. The second kappa shape index (κ2) is 10.2. The first-order chi connectivity index (χ1) is 20.5. The number of benzene rings is 5. The van der Waals surface area contributed by atoms with Gasteiger partial charge in [-0.3, -0.25) is 0 Å². The van der Waals surface area contributed by atoms with Crippen molar-refractivity contribution < 1.29 is 14.3 Å². The van der Waals surface area contributed by atoms with E-state index in [4.69, 9.17) is 14.5 Å². The Morgan fingerprint density at radius 1 is 0.714 bits per heavy atom. The first-order valence-corrected chi connectivity index (χ1v) is 13.9. The molecule has 0 spiro atoms. The van der Waals surface area contributed by atoms with Crippen molar-refractivity contribution in [2.75, 3.05) is 12.0 Å². The average Bonchev–Trinajstić information content (AvgIpc) is 3.03. The number of hydrogen-bond acceptors (Lipinski definition) is 5. The van der Waals surface area contributed by atoms with Gasteiger partial charge in [-0.25, -0.2) is 9.78 Å². The highest BCUT2D eigenvalue weighted by Crippen LogP contribution is 2.52. The predicted octanol–water partition coefficient (Wildman–Crippen LogP) is 9.55. The number of para-hydroxylation sites is 4. The highest BCUT2D eigenvalue weighted by atomic mass is 16.5. The van der Waals surface area contributed by atoms with Crippen LogP contribution in [0.5, 0.6) is 11.5 Å². The summed E-state index contributed by atoms with van der Waals surface area (Å²) in [6.45, 7) is 4.23. The van der Waals surface area contributed by atoms with Crippen LogP contribution in [-0.2, 0) is 4.74 Å². The number of carbonyl (C=O) groups is 1. The standard InChI is InChI=1S/C37H28N2O3/c1-23-12-15-25(16-13-23)28-22-29(26-17-19-27(20-18-26)37(40)41-3)38-36-32(21-14-24(2)35(28)36)39-30-8-4-6-10-33(30)42-34-11-7-5-9-31(34)39/h4-22H,1-3H3. The molecule has 0 fully saturated rings. The summed E-state index contributed by atoms with van der Waals surface area (Å²) in [4.78, 5) is 19.7. The van der Waals surface area contributed by atoms with Crippen molar-refractivity contribution in [2.24, 2.45) is 0 Å². The molecule has 5 heteroatoms. The number of rotatable bonds is 4. The van der Waals surface area contributed by atoms with Crippen molar-refractivity contribution in [1.29, 1.82) is 0 Å². The SMILES string of the molecule is COC(=O)c1ccc(-c2cc(-c3ccc(C)cc3)c3c(C)ccc(N4c5ccccc5Oc5ccccc54)c3n2)cc1. The normalized spacial score (nSPS) is 11.9. The van der Waals surface area contributed by atoms with Crippen LogP contribution in [0.25, 0.3) is 33.3 Å². The summed E-state index contributed by atoms with van der Waals surface area (Å²) in [7, 11) is 1.39.